The molecule has 0 N–H and O–H groups in total. The Morgan fingerprint density at radius 2 is 1.04 bits per heavy atom. The molecule has 0 radical (unpaired) electrons. The lowest BCUT2D eigenvalue weighted by Crippen LogP contribution is -2.04. The third-order valence-corrected chi connectivity index (χ3v) is 10.4. The number of fused-ring (bicyclic) bond motifs is 12. The quantitative estimate of drug-likeness (QED) is 0.201. The summed E-state index contributed by atoms with van der Waals surface area (Å²) >= 11 is 1.88. The van der Waals surface area contributed by atoms with E-state index in [1.165, 1.54) is 52.5 Å². The van der Waals surface area contributed by atoms with Crippen molar-refractivity contribution in [3.63, 3.8) is 0 Å². The summed E-state index contributed by atoms with van der Waals surface area (Å²) in [7, 11) is 0. The number of nitrogens with zero attached hydrogens (tertiary/aromatic N) is 3. The maximum absolute atomic E-state index is 5.34. The standard InChI is InChI=1S/C42H25N3S/c1-3-14-27(15-4-1)33-25-34(28-16-5-2-6-17-28)44-42(43-33)45-35-24-23-26-13-7-8-18-29(26)37(35)39-38-32-21-11-12-22-36(32)46-41(38)31-20-10-9-19-30(31)40(39)45/h1-25H. The fourth-order valence-electron chi connectivity index (χ4n) is 7.19. The van der Waals surface area contributed by atoms with Gasteiger partial charge in [-0.3, -0.25) is 4.57 Å². The van der Waals surface area contributed by atoms with Gasteiger partial charge < -0.3 is 0 Å². The monoisotopic (exact) mass is 603 g/mol. The van der Waals surface area contributed by atoms with Gasteiger partial charge in [0.2, 0.25) is 5.95 Å². The van der Waals surface area contributed by atoms with Gasteiger partial charge in [-0.15, -0.1) is 11.3 Å². The summed E-state index contributed by atoms with van der Waals surface area (Å²) in [6.45, 7) is 0. The van der Waals surface area contributed by atoms with E-state index >= 15 is 0 Å². The Kier molecular flexibility index (Phi) is 5.45. The SMILES string of the molecule is c1ccc(-c2cc(-c3ccccc3)nc(-n3c4ccc5ccccc5c4c4c5c6ccccc6sc5c5ccccc5c43)n2)cc1. The van der Waals surface area contributed by atoms with Crippen molar-refractivity contribution in [2.24, 2.45) is 0 Å². The van der Waals surface area contributed by atoms with Gasteiger partial charge in [0, 0.05) is 52.8 Å². The fourth-order valence-corrected chi connectivity index (χ4v) is 8.43. The molecule has 214 valence electrons. The molecule has 46 heavy (non-hydrogen) atoms. The molecule has 0 saturated carbocycles. The fraction of sp³-hybridized carbons (Fsp3) is 0. The Bertz CT molecular complexity index is 2740. The predicted molar refractivity (Wildman–Crippen MR) is 195 cm³/mol. The van der Waals surface area contributed by atoms with Crippen molar-refractivity contribution in [3.8, 4) is 28.5 Å². The van der Waals surface area contributed by atoms with Gasteiger partial charge in [0.1, 0.15) is 0 Å². The zero-order chi connectivity index (χ0) is 30.2. The molecular weight excluding hydrogens is 579 g/mol. The zero-order valence-electron chi connectivity index (χ0n) is 24.7. The Balaban J connectivity index is 1.47. The van der Waals surface area contributed by atoms with E-state index in [4.69, 9.17) is 9.97 Å². The molecule has 10 rings (SSSR count). The summed E-state index contributed by atoms with van der Waals surface area (Å²) in [6, 6.07) is 53.8. The van der Waals surface area contributed by atoms with Crippen LogP contribution >= 0.6 is 11.3 Å². The minimum atomic E-state index is 0.666. The van der Waals surface area contributed by atoms with Crippen LogP contribution in [-0.2, 0) is 0 Å². The van der Waals surface area contributed by atoms with Gasteiger partial charge in [-0.05, 0) is 29.0 Å². The lowest BCUT2D eigenvalue weighted by atomic mass is 9.97. The molecular formula is C42H25N3S. The van der Waals surface area contributed by atoms with Gasteiger partial charge >= 0.3 is 0 Å². The van der Waals surface area contributed by atoms with E-state index in [2.05, 4.69) is 144 Å². The van der Waals surface area contributed by atoms with E-state index in [0.717, 1.165) is 33.5 Å². The highest BCUT2D eigenvalue weighted by atomic mass is 32.1. The van der Waals surface area contributed by atoms with E-state index in [9.17, 15) is 0 Å². The van der Waals surface area contributed by atoms with Crippen molar-refractivity contribution >= 4 is 74.9 Å². The second-order valence-corrected chi connectivity index (χ2v) is 12.8. The summed E-state index contributed by atoms with van der Waals surface area (Å²) in [6.07, 6.45) is 0. The first-order valence-corrected chi connectivity index (χ1v) is 16.3. The van der Waals surface area contributed by atoms with Crippen LogP contribution in [0.1, 0.15) is 0 Å². The molecule has 0 aliphatic heterocycles. The number of hydrogen-bond acceptors (Lipinski definition) is 3. The van der Waals surface area contributed by atoms with Gasteiger partial charge in [0.25, 0.3) is 0 Å². The van der Waals surface area contributed by atoms with Crippen molar-refractivity contribution in [1.82, 2.24) is 14.5 Å². The second kappa shape index (κ2) is 9.83. The van der Waals surface area contributed by atoms with Crippen molar-refractivity contribution in [2.75, 3.05) is 0 Å². The highest BCUT2D eigenvalue weighted by Gasteiger charge is 2.24. The van der Waals surface area contributed by atoms with Gasteiger partial charge in [0.15, 0.2) is 0 Å². The lowest BCUT2D eigenvalue weighted by molar-refractivity contribution is 0.998. The summed E-state index contributed by atoms with van der Waals surface area (Å²) in [5, 5.41) is 9.99. The van der Waals surface area contributed by atoms with Crippen LogP contribution in [0.4, 0.5) is 0 Å². The van der Waals surface area contributed by atoms with Crippen molar-refractivity contribution < 1.29 is 0 Å². The van der Waals surface area contributed by atoms with Crippen molar-refractivity contribution in [3.05, 3.63) is 152 Å². The highest BCUT2D eigenvalue weighted by molar-refractivity contribution is 7.27. The lowest BCUT2D eigenvalue weighted by Gasteiger charge is -2.13. The minimum absolute atomic E-state index is 0.666. The van der Waals surface area contributed by atoms with E-state index in [1.54, 1.807) is 0 Å². The normalized spacial score (nSPS) is 11.9. The average Bonchev–Trinajstić information content (AvgIpc) is 3.69. The first-order valence-electron chi connectivity index (χ1n) is 15.5. The molecule has 0 aliphatic carbocycles. The molecule has 3 aromatic heterocycles. The van der Waals surface area contributed by atoms with Crippen LogP contribution in [0.15, 0.2) is 152 Å². The first kappa shape index (κ1) is 25.5. The molecule has 0 amide bonds. The third-order valence-electron chi connectivity index (χ3n) is 9.18. The molecule has 0 aliphatic rings. The van der Waals surface area contributed by atoms with E-state index in [1.807, 2.05) is 23.5 Å². The third kappa shape index (κ3) is 3.65. The minimum Gasteiger partial charge on any atom is -0.277 e. The molecule has 4 heteroatoms. The van der Waals surface area contributed by atoms with Crippen LogP contribution in [0.2, 0.25) is 0 Å². The second-order valence-electron chi connectivity index (χ2n) is 11.8. The maximum Gasteiger partial charge on any atom is 0.235 e. The Hall–Kier alpha value is -5.84. The molecule has 0 unspecified atom stereocenters. The van der Waals surface area contributed by atoms with Crippen LogP contribution in [0, 0.1) is 0 Å². The number of hydrogen-bond donors (Lipinski definition) is 0. The zero-order valence-corrected chi connectivity index (χ0v) is 25.5. The first-order chi connectivity index (χ1) is 22.8. The van der Waals surface area contributed by atoms with Gasteiger partial charge in [-0.2, -0.15) is 0 Å². The number of benzene rings is 7. The molecule has 3 heterocycles. The summed E-state index contributed by atoms with van der Waals surface area (Å²) in [5.74, 6) is 0.666. The molecule has 10 aromatic rings. The van der Waals surface area contributed by atoms with Crippen molar-refractivity contribution in [2.45, 2.75) is 0 Å². The summed E-state index contributed by atoms with van der Waals surface area (Å²) < 4.78 is 4.94. The largest absolute Gasteiger partial charge is 0.277 e. The average molecular weight is 604 g/mol. The van der Waals surface area contributed by atoms with E-state index in [0.29, 0.717) is 5.95 Å². The molecule has 3 nitrogen and oxygen atoms in total. The Morgan fingerprint density at radius 3 is 1.76 bits per heavy atom. The van der Waals surface area contributed by atoms with Crippen LogP contribution in [0.3, 0.4) is 0 Å². The van der Waals surface area contributed by atoms with Crippen LogP contribution < -0.4 is 0 Å². The van der Waals surface area contributed by atoms with Crippen LogP contribution in [-0.4, -0.2) is 14.5 Å². The molecule has 7 aromatic carbocycles. The van der Waals surface area contributed by atoms with Crippen LogP contribution in [0.25, 0.3) is 92.0 Å². The van der Waals surface area contributed by atoms with Gasteiger partial charge in [0.05, 0.1) is 22.4 Å². The van der Waals surface area contributed by atoms with Gasteiger partial charge in [-0.25, -0.2) is 9.97 Å². The number of rotatable bonds is 3. The number of aromatic nitrogens is 3. The Labute approximate surface area is 268 Å². The predicted octanol–water partition coefficient (Wildman–Crippen LogP) is 11.6. The van der Waals surface area contributed by atoms with Crippen LogP contribution in [0.5, 0.6) is 0 Å². The molecule has 0 atom stereocenters. The summed E-state index contributed by atoms with van der Waals surface area (Å²) in [5.41, 5.74) is 6.16. The van der Waals surface area contributed by atoms with E-state index in [-0.39, 0.29) is 0 Å². The molecule has 0 bridgehead atoms. The number of thiophene rings is 1. The molecule has 0 saturated heterocycles. The smallest absolute Gasteiger partial charge is 0.235 e. The molecule has 0 fully saturated rings. The van der Waals surface area contributed by atoms with E-state index < -0.39 is 0 Å². The topological polar surface area (TPSA) is 30.7 Å². The summed E-state index contributed by atoms with van der Waals surface area (Å²) in [4.78, 5) is 10.7. The highest BCUT2D eigenvalue weighted by Crippen LogP contribution is 2.49. The van der Waals surface area contributed by atoms with Crippen molar-refractivity contribution in [1.29, 1.82) is 0 Å². The molecule has 0 spiro atoms. The maximum atomic E-state index is 5.34. The van der Waals surface area contributed by atoms with Gasteiger partial charge in [-0.1, -0.05) is 133 Å². The Morgan fingerprint density at radius 1 is 0.457 bits per heavy atom.